The summed E-state index contributed by atoms with van der Waals surface area (Å²) in [5.74, 6) is -1.84. The topological polar surface area (TPSA) is 110 Å². The summed E-state index contributed by atoms with van der Waals surface area (Å²) < 4.78 is 0. The van der Waals surface area contributed by atoms with Crippen LogP contribution in [0.15, 0.2) is 36.4 Å². The summed E-state index contributed by atoms with van der Waals surface area (Å²) >= 11 is 0. The molecule has 1 saturated carbocycles. The Kier molecular flexibility index (Phi) is 4.49. The fourth-order valence-corrected chi connectivity index (χ4v) is 4.84. The van der Waals surface area contributed by atoms with Crippen molar-refractivity contribution < 1.29 is 19.3 Å². The number of nitrogens with one attached hydrogen (secondary N) is 1. The van der Waals surface area contributed by atoms with Crippen LogP contribution in [0.25, 0.3) is 0 Å². The van der Waals surface area contributed by atoms with Crippen LogP contribution in [0.2, 0.25) is 0 Å². The zero-order valence-corrected chi connectivity index (χ0v) is 15.4. The zero-order valence-electron chi connectivity index (χ0n) is 15.4. The molecule has 2 fully saturated rings. The number of carbonyl (C=O) groups excluding carboxylic acids is 3. The van der Waals surface area contributed by atoms with Crippen LogP contribution in [0.3, 0.4) is 0 Å². The Labute approximate surface area is 161 Å². The molecule has 1 N–H and O–H groups in total. The van der Waals surface area contributed by atoms with Gasteiger partial charge >= 0.3 is 0 Å². The summed E-state index contributed by atoms with van der Waals surface area (Å²) in [7, 11) is 0. The molecule has 1 aliphatic heterocycles. The second-order valence-electron chi connectivity index (χ2n) is 7.58. The first-order valence-corrected chi connectivity index (χ1v) is 9.53. The zero-order chi connectivity index (χ0) is 20.0. The number of hydrogen-bond acceptors (Lipinski definition) is 5. The molecule has 146 valence electrons. The highest BCUT2D eigenvalue weighted by atomic mass is 16.6. The van der Waals surface area contributed by atoms with Gasteiger partial charge < -0.3 is 5.32 Å². The van der Waals surface area contributed by atoms with E-state index in [1.54, 1.807) is 13.0 Å². The standard InChI is InChI=1S/C20H21N3O5/c1-2-14(18(24)21-13-5-3-4-6-15(13)23(27)28)22-19(25)16-11-7-8-12(10-9-11)17(16)20(22)26/h3-8,11-12,14,16-17H,2,9-10H2,1H3,(H,21,24)/t11-,12-,14+,16-,17-/m0/s1. The number of imide groups is 1. The van der Waals surface area contributed by atoms with E-state index >= 15 is 0 Å². The van der Waals surface area contributed by atoms with Gasteiger partial charge in [-0.3, -0.25) is 29.4 Å². The number of carbonyl (C=O) groups is 3. The summed E-state index contributed by atoms with van der Waals surface area (Å²) in [6.45, 7) is 1.72. The minimum Gasteiger partial charge on any atom is -0.319 e. The normalized spacial score (nSPS) is 29.0. The van der Waals surface area contributed by atoms with Crippen molar-refractivity contribution in [3.05, 3.63) is 46.5 Å². The number of amides is 3. The van der Waals surface area contributed by atoms with Crippen LogP contribution >= 0.6 is 0 Å². The number of nitrogens with zero attached hydrogens (tertiary/aromatic N) is 2. The largest absolute Gasteiger partial charge is 0.319 e. The predicted octanol–water partition coefficient (Wildman–Crippen LogP) is 2.51. The molecule has 1 aromatic carbocycles. The molecule has 5 atom stereocenters. The van der Waals surface area contributed by atoms with Crippen molar-refractivity contribution in [1.29, 1.82) is 0 Å². The van der Waals surface area contributed by atoms with Crippen LogP contribution in [0.4, 0.5) is 11.4 Å². The lowest BCUT2D eigenvalue weighted by molar-refractivity contribution is -0.383. The van der Waals surface area contributed by atoms with E-state index in [1.165, 1.54) is 18.2 Å². The van der Waals surface area contributed by atoms with Gasteiger partial charge in [-0.05, 0) is 37.2 Å². The van der Waals surface area contributed by atoms with Gasteiger partial charge in [0.15, 0.2) is 0 Å². The molecule has 8 heteroatoms. The van der Waals surface area contributed by atoms with Crippen molar-refractivity contribution in [2.45, 2.75) is 32.2 Å². The highest BCUT2D eigenvalue weighted by Crippen LogP contribution is 2.50. The number of rotatable bonds is 5. The van der Waals surface area contributed by atoms with Crippen molar-refractivity contribution in [2.24, 2.45) is 23.7 Å². The monoisotopic (exact) mass is 383 g/mol. The quantitative estimate of drug-likeness (QED) is 0.364. The van der Waals surface area contributed by atoms with Gasteiger partial charge in [-0.1, -0.05) is 31.2 Å². The molecule has 4 aliphatic rings. The van der Waals surface area contributed by atoms with Crippen LogP contribution in [-0.2, 0) is 14.4 Å². The van der Waals surface area contributed by atoms with E-state index in [-0.39, 0.29) is 53.3 Å². The lowest BCUT2D eigenvalue weighted by atomic mass is 9.63. The molecule has 1 heterocycles. The van der Waals surface area contributed by atoms with Crippen molar-refractivity contribution in [3.8, 4) is 0 Å². The minimum absolute atomic E-state index is 0.0484. The number of fused-ring (bicyclic) bond motifs is 1. The van der Waals surface area contributed by atoms with Gasteiger partial charge in [0, 0.05) is 6.07 Å². The third-order valence-corrected chi connectivity index (χ3v) is 6.15. The molecule has 8 nitrogen and oxygen atoms in total. The average molecular weight is 383 g/mol. The summed E-state index contributed by atoms with van der Waals surface area (Å²) in [5, 5.41) is 13.7. The van der Waals surface area contributed by atoms with E-state index in [2.05, 4.69) is 5.32 Å². The molecule has 1 saturated heterocycles. The third kappa shape index (κ3) is 2.71. The maximum absolute atomic E-state index is 13.1. The molecule has 3 amide bonds. The Morgan fingerprint density at radius 3 is 2.25 bits per heavy atom. The molecule has 0 radical (unpaired) electrons. The Morgan fingerprint density at radius 1 is 1.18 bits per heavy atom. The molecule has 3 aliphatic carbocycles. The lowest BCUT2D eigenvalue weighted by Gasteiger charge is -2.38. The maximum Gasteiger partial charge on any atom is 0.292 e. The molecular weight excluding hydrogens is 362 g/mol. The van der Waals surface area contributed by atoms with Crippen LogP contribution in [0, 0.1) is 33.8 Å². The van der Waals surface area contributed by atoms with Crippen molar-refractivity contribution in [1.82, 2.24) is 4.90 Å². The van der Waals surface area contributed by atoms with Crippen molar-refractivity contribution >= 4 is 29.1 Å². The van der Waals surface area contributed by atoms with E-state index in [4.69, 9.17) is 0 Å². The first-order chi connectivity index (χ1) is 13.4. The molecule has 0 unspecified atom stereocenters. The Hall–Kier alpha value is -3.03. The second-order valence-corrected chi connectivity index (χ2v) is 7.58. The summed E-state index contributed by atoms with van der Waals surface area (Å²) in [4.78, 5) is 50.7. The Bertz CT molecular complexity index is 864. The van der Waals surface area contributed by atoms with Gasteiger partial charge in [-0.2, -0.15) is 0 Å². The van der Waals surface area contributed by atoms with Gasteiger partial charge in [-0.25, -0.2) is 0 Å². The number of likely N-dealkylation sites (tertiary alicyclic amines) is 1. The second kappa shape index (κ2) is 6.85. The van der Waals surface area contributed by atoms with Gasteiger partial charge in [0.25, 0.3) is 5.69 Å². The highest BCUT2D eigenvalue weighted by molar-refractivity contribution is 6.10. The van der Waals surface area contributed by atoms with Crippen LogP contribution in [0.5, 0.6) is 0 Å². The molecule has 1 aromatic rings. The lowest BCUT2D eigenvalue weighted by Crippen LogP contribution is -2.47. The Balaban J connectivity index is 1.59. The third-order valence-electron chi connectivity index (χ3n) is 6.15. The van der Waals surface area contributed by atoms with Gasteiger partial charge in [0.1, 0.15) is 11.7 Å². The number of nitro benzene ring substituents is 1. The molecule has 28 heavy (non-hydrogen) atoms. The molecule has 0 spiro atoms. The van der Waals surface area contributed by atoms with Gasteiger partial charge in [0.2, 0.25) is 17.7 Å². The molecule has 5 rings (SSSR count). The molecule has 0 aromatic heterocycles. The van der Waals surface area contributed by atoms with Crippen molar-refractivity contribution in [2.75, 3.05) is 5.32 Å². The fraction of sp³-hybridized carbons (Fsp3) is 0.450. The summed E-state index contributed by atoms with van der Waals surface area (Å²) in [6, 6.07) is 4.82. The SMILES string of the molecule is CC[C@H](C(=O)Nc1ccccc1[N+](=O)[O-])N1C(=O)[C@@H]2[C@@H](C1=O)[C@H]1C=C[C@H]2CC1. The number of para-hydroxylation sites is 2. The van der Waals surface area contributed by atoms with E-state index < -0.39 is 16.9 Å². The first kappa shape index (κ1) is 18.3. The summed E-state index contributed by atoms with van der Waals surface area (Å²) in [6.07, 6.45) is 6.06. The van der Waals surface area contributed by atoms with E-state index in [1.807, 2.05) is 12.2 Å². The summed E-state index contributed by atoms with van der Waals surface area (Å²) in [5.41, 5.74) is -0.185. The van der Waals surface area contributed by atoms with Crippen LogP contribution in [0.1, 0.15) is 26.2 Å². The number of hydrogen-bond donors (Lipinski definition) is 1. The van der Waals surface area contributed by atoms with Crippen LogP contribution < -0.4 is 5.32 Å². The van der Waals surface area contributed by atoms with E-state index in [0.717, 1.165) is 17.7 Å². The number of allylic oxidation sites excluding steroid dienone is 2. The van der Waals surface area contributed by atoms with E-state index in [0.29, 0.717) is 0 Å². The first-order valence-electron chi connectivity index (χ1n) is 9.53. The number of anilines is 1. The van der Waals surface area contributed by atoms with E-state index in [9.17, 15) is 24.5 Å². The van der Waals surface area contributed by atoms with Gasteiger partial charge in [0.05, 0.1) is 16.8 Å². The number of nitro groups is 1. The minimum atomic E-state index is -0.982. The molecular formula is C20H21N3O5. The maximum atomic E-state index is 13.1. The van der Waals surface area contributed by atoms with Crippen molar-refractivity contribution in [3.63, 3.8) is 0 Å². The molecule has 2 bridgehead atoms. The number of benzene rings is 1. The fourth-order valence-electron chi connectivity index (χ4n) is 4.84. The smallest absolute Gasteiger partial charge is 0.292 e. The van der Waals surface area contributed by atoms with Crippen LogP contribution in [-0.4, -0.2) is 33.6 Å². The van der Waals surface area contributed by atoms with Gasteiger partial charge in [-0.15, -0.1) is 0 Å². The predicted molar refractivity (Wildman–Crippen MR) is 100.0 cm³/mol. The highest BCUT2D eigenvalue weighted by Gasteiger charge is 2.58. The average Bonchev–Trinajstić information content (AvgIpc) is 2.97. The Morgan fingerprint density at radius 2 is 1.75 bits per heavy atom.